The van der Waals surface area contributed by atoms with Gasteiger partial charge in [-0.15, -0.1) is 0 Å². The van der Waals surface area contributed by atoms with E-state index in [-0.39, 0.29) is 0 Å². The largest absolute Gasteiger partial charge is 0.379 e. The quantitative estimate of drug-likeness (QED) is 0.308. The van der Waals surface area contributed by atoms with Crippen molar-refractivity contribution in [1.82, 2.24) is 20.5 Å². The first kappa shape index (κ1) is 23.4. The highest BCUT2D eigenvalue weighted by Gasteiger charge is 2.15. The lowest BCUT2D eigenvalue weighted by molar-refractivity contribution is 0.0487. The fourth-order valence-electron chi connectivity index (χ4n) is 3.00. The molecule has 0 bridgehead atoms. The molecule has 0 atom stereocenters. The summed E-state index contributed by atoms with van der Waals surface area (Å²) in [5, 5.41) is 6.63. The van der Waals surface area contributed by atoms with Crippen molar-refractivity contribution in [3.63, 3.8) is 0 Å². The summed E-state index contributed by atoms with van der Waals surface area (Å²) in [4.78, 5) is 13.5. The SMILES string of the molecule is CCCCOCCOCCNC(=NC)NCc1ccnc(N2CCN(C)CC2)c1. The zero-order valence-electron chi connectivity index (χ0n) is 18.3. The molecule has 0 spiro atoms. The predicted molar refractivity (Wildman–Crippen MR) is 119 cm³/mol. The first-order chi connectivity index (χ1) is 14.2. The fraction of sp³-hybridized carbons (Fsp3) is 0.714. The zero-order valence-corrected chi connectivity index (χ0v) is 18.3. The Labute approximate surface area is 175 Å². The molecule has 0 unspecified atom stereocenters. The molecule has 2 N–H and O–H groups in total. The second kappa shape index (κ2) is 14.1. The second-order valence-electron chi connectivity index (χ2n) is 7.24. The fourth-order valence-corrected chi connectivity index (χ4v) is 3.00. The van der Waals surface area contributed by atoms with Crippen molar-refractivity contribution in [2.24, 2.45) is 4.99 Å². The molecule has 0 aliphatic carbocycles. The smallest absolute Gasteiger partial charge is 0.191 e. The van der Waals surface area contributed by atoms with Crippen molar-refractivity contribution in [2.45, 2.75) is 26.3 Å². The number of nitrogens with one attached hydrogen (secondary N) is 2. The summed E-state index contributed by atoms with van der Waals surface area (Å²) >= 11 is 0. The Morgan fingerprint density at radius 3 is 2.59 bits per heavy atom. The van der Waals surface area contributed by atoms with Gasteiger partial charge < -0.3 is 29.9 Å². The normalized spacial score (nSPS) is 15.6. The van der Waals surface area contributed by atoms with Crippen molar-refractivity contribution < 1.29 is 9.47 Å². The van der Waals surface area contributed by atoms with E-state index in [0.29, 0.717) is 32.9 Å². The lowest BCUT2D eigenvalue weighted by atomic mass is 10.2. The Hall–Kier alpha value is -1.90. The monoisotopic (exact) mass is 406 g/mol. The molecule has 1 aliphatic heterocycles. The van der Waals surface area contributed by atoms with Gasteiger partial charge >= 0.3 is 0 Å². The number of piperazine rings is 1. The molecule has 2 rings (SSSR count). The molecule has 164 valence electrons. The standard InChI is InChI=1S/C21H38N6O2/c1-4-5-13-28-15-16-29-14-8-24-21(22-2)25-18-19-6-7-23-20(17-19)27-11-9-26(3)10-12-27/h6-7,17H,4-5,8-16,18H2,1-3H3,(H2,22,24,25). The van der Waals surface area contributed by atoms with Gasteiger partial charge in [0.1, 0.15) is 5.82 Å². The minimum atomic E-state index is 0.626. The van der Waals surface area contributed by atoms with E-state index in [1.54, 1.807) is 7.05 Å². The lowest BCUT2D eigenvalue weighted by Crippen LogP contribution is -2.44. The zero-order chi connectivity index (χ0) is 20.7. The Bertz CT molecular complexity index is 590. The number of likely N-dealkylation sites (N-methyl/N-ethyl adjacent to an activating group) is 1. The van der Waals surface area contributed by atoms with Crippen molar-refractivity contribution >= 4 is 11.8 Å². The molecule has 1 aromatic rings. The average Bonchev–Trinajstić information content (AvgIpc) is 2.75. The number of ether oxygens (including phenoxy) is 2. The topological polar surface area (TPSA) is 74.2 Å². The molecule has 0 aromatic carbocycles. The maximum absolute atomic E-state index is 5.57. The molecule has 0 radical (unpaired) electrons. The Balaban J connectivity index is 1.63. The molecule has 1 aromatic heterocycles. The number of guanidine groups is 1. The number of aromatic nitrogens is 1. The Morgan fingerprint density at radius 2 is 1.86 bits per heavy atom. The molecule has 8 nitrogen and oxygen atoms in total. The van der Waals surface area contributed by atoms with Crippen molar-refractivity contribution in [3.05, 3.63) is 23.9 Å². The number of anilines is 1. The van der Waals surface area contributed by atoms with E-state index < -0.39 is 0 Å². The molecule has 0 saturated carbocycles. The van der Waals surface area contributed by atoms with Crippen LogP contribution in [0.25, 0.3) is 0 Å². The van der Waals surface area contributed by atoms with Crippen LogP contribution in [0.1, 0.15) is 25.3 Å². The van der Waals surface area contributed by atoms with Gasteiger partial charge in [-0.25, -0.2) is 4.98 Å². The van der Waals surface area contributed by atoms with Gasteiger partial charge in [0.25, 0.3) is 0 Å². The number of nitrogens with zero attached hydrogens (tertiary/aromatic N) is 4. The number of aliphatic imine (C=N–C) groups is 1. The highest BCUT2D eigenvalue weighted by Crippen LogP contribution is 2.14. The van der Waals surface area contributed by atoms with Gasteiger partial charge in [-0.2, -0.15) is 0 Å². The molecule has 8 heteroatoms. The van der Waals surface area contributed by atoms with E-state index >= 15 is 0 Å². The van der Waals surface area contributed by atoms with Crippen LogP contribution < -0.4 is 15.5 Å². The summed E-state index contributed by atoms with van der Waals surface area (Å²) in [7, 11) is 3.94. The van der Waals surface area contributed by atoms with E-state index in [9.17, 15) is 0 Å². The number of rotatable bonds is 12. The number of unbranched alkanes of at least 4 members (excludes halogenated alkanes) is 1. The van der Waals surface area contributed by atoms with Gasteiger partial charge in [0.2, 0.25) is 0 Å². The van der Waals surface area contributed by atoms with E-state index in [2.05, 4.69) is 50.4 Å². The molecule has 2 heterocycles. The Morgan fingerprint density at radius 1 is 1.10 bits per heavy atom. The van der Waals surface area contributed by atoms with Crippen LogP contribution in [0.4, 0.5) is 5.82 Å². The minimum Gasteiger partial charge on any atom is -0.379 e. The van der Waals surface area contributed by atoms with Gasteiger partial charge in [0.15, 0.2) is 5.96 Å². The number of hydrogen-bond donors (Lipinski definition) is 2. The van der Waals surface area contributed by atoms with Gasteiger partial charge in [-0.05, 0) is 31.2 Å². The van der Waals surface area contributed by atoms with E-state index in [1.165, 1.54) is 5.56 Å². The molecule has 1 aliphatic rings. The summed E-state index contributed by atoms with van der Waals surface area (Å²) in [6.45, 7) is 10.5. The maximum atomic E-state index is 5.57. The van der Waals surface area contributed by atoms with Gasteiger partial charge in [0.05, 0.1) is 19.8 Å². The van der Waals surface area contributed by atoms with Crippen LogP contribution in [-0.4, -0.2) is 89.1 Å². The first-order valence-electron chi connectivity index (χ1n) is 10.7. The Kier molecular flexibility index (Phi) is 11.4. The molecule has 1 saturated heterocycles. The summed E-state index contributed by atoms with van der Waals surface area (Å²) in [6.07, 6.45) is 4.16. The van der Waals surface area contributed by atoms with Crippen LogP contribution in [0.5, 0.6) is 0 Å². The third-order valence-electron chi connectivity index (χ3n) is 4.87. The van der Waals surface area contributed by atoms with E-state index in [1.807, 2.05) is 12.3 Å². The highest BCUT2D eigenvalue weighted by atomic mass is 16.5. The molecule has 0 amide bonds. The first-order valence-corrected chi connectivity index (χ1v) is 10.7. The van der Waals surface area contributed by atoms with Gasteiger partial charge in [0, 0.05) is 59.1 Å². The minimum absolute atomic E-state index is 0.626. The molecule has 1 fully saturated rings. The van der Waals surface area contributed by atoms with Crippen LogP contribution in [0.2, 0.25) is 0 Å². The van der Waals surface area contributed by atoms with Crippen molar-refractivity contribution in [3.8, 4) is 0 Å². The lowest BCUT2D eigenvalue weighted by Gasteiger charge is -2.33. The van der Waals surface area contributed by atoms with Crippen molar-refractivity contribution in [1.29, 1.82) is 0 Å². The highest BCUT2D eigenvalue weighted by molar-refractivity contribution is 5.79. The molecule has 29 heavy (non-hydrogen) atoms. The van der Waals surface area contributed by atoms with Crippen LogP contribution >= 0.6 is 0 Å². The summed E-state index contributed by atoms with van der Waals surface area (Å²) in [5.41, 5.74) is 1.19. The summed E-state index contributed by atoms with van der Waals surface area (Å²) < 4.78 is 11.1. The van der Waals surface area contributed by atoms with Crippen LogP contribution in [0.3, 0.4) is 0 Å². The third-order valence-corrected chi connectivity index (χ3v) is 4.87. The van der Waals surface area contributed by atoms with Crippen LogP contribution in [0.15, 0.2) is 23.3 Å². The van der Waals surface area contributed by atoms with Gasteiger partial charge in [-0.3, -0.25) is 4.99 Å². The van der Waals surface area contributed by atoms with Gasteiger partial charge in [-0.1, -0.05) is 13.3 Å². The number of hydrogen-bond acceptors (Lipinski definition) is 6. The summed E-state index contributed by atoms with van der Waals surface area (Å²) in [6, 6.07) is 4.20. The van der Waals surface area contributed by atoms with Crippen LogP contribution in [-0.2, 0) is 16.0 Å². The third kappa shape index (κ3) is 9.43. The van der Waals surface area contributed by atoms with E-state index in [0.717, 1.165) is 57.4 Å². The average molecular weight is 407 g/mol. The second-order valence-corrected chi connectivity index (χ2v) is 7.24. The van der Waals surface area contributed by atoms with Crippen LogP contribution in [0, 0.1) is 0 Å². The maximum Gasteiger partial charge on any atom is 0.191 e. The molecular formula is C21H38N6O2. The molecular weight excluding hydrogens is 368 g/mol. The van der Waals surface area contributed by atoms with E-state index in [4.69, 9.17) is 9.47 Å². The predicted octanol–water partition coefficient (Wildman–Crippen LogP) is 1.33. The summed E-state index contributed by atoms with van der Waals surface area (Å²) in [5.74, 6) is 1.82. The number of pyridine rings is 1. The van der Waals surface area contributed by atoms with Crippen molar-refractivity contribution in [2.75, 3.05) is 78.1 Å².